The molecule has 2 aliphatic carbocycles. The van der Waals surface area contributed by atoms with Gasteiger partial charge in [-0.25, -0.2) is 9.59 Å². The molecule has 0 amide bonds. The molecule has 1 aliphatic heterocycles. The Kier molecular flexibility index (Phi) is 6.54. The summed E-state index contributed by atoms with van der Waals surface area (Å²) in [6.45, 7) is 1.45. The van der Waals surface area contributed by atoms with Crippen LogP contribution in [0.3, 0.4) is 0 Å². The van der Waals surface area contributed by atoms with Gasteiger partial charge in [-0.3, -0.25) is 0 Å². The molecule has 8 nitrogen and oxygen atoms in total. The molecule has 0 radical (unpaired) electrons. The fourth-order valence-electron chi connectivity index (χ4n) is 5.28. The summed E-state index contributed by atoms with van der Waals surface area (Å²) in [6, 6.07) is 18.6. The molecule has 1 saturated heterocycles. The number of carbonyl (C=O) groups is 2. The quantitative estimate of drug-likeness (QED) is 0.169. The first kappa shape index (κ1) is 24.2. The molecule has 3 aliphatic rings. The van der Waals surface area contributed by atoms with Crippen LogP contribution < -0.4 is 14.2 Å². The van der Waals surface area contributed by atoms with Crippen molar-refractivity contribution in [1.29, 1.82) is 5.26 Å². The average molecular weight is 512 g/mol. The SMILES string of the molecule is N#Cc1ccc(C(=O)Oc2ccc(OC(=O)c3ccc(OCCOC4CO4)cc3)c3c2C2CCC3C2)cc1. The van der Waals surface area contributed by atoms with Gasteiger partial charge >= 0.3 is 11.9 Å². The summed E-state index contributed by atoms with van der Waals surface area (Å²) in [6.07, 6.45) is 2.87. The second-order valence-corrected chi connectivity index (χ2v) is 9.57. The molecule has 1 saturated carbocycles. The lowest BCUT2D eigenvalue weighted by Crippen LogP contribution is -2.14. The number of rotatable bonds is 9. The Hall–Kier alpha value is -4.19. The van der Waals surface area contributed by atoms with E-state index in [0.717, 1.165) is 30.4 Å². The van der Waals surface area contributed by atoms with Crippen LogP contribution >= 0.6 is 0 Å². The largest absolute Gasteiger partial charge is 0.491 e. The number of fused-ring (bicyclic) bond motifs is 5. The van der Waals surface area contributed by atoms with Crippen LogP contribution in [0.2, 0.25) is 0 Å². The summed E-state index contributed by atoms with van der Waals surface area (Å²) < 4.78 is 27.6. The van der Waals surface area contributed by atoms with Crippen molar-refractivity contribution >= 4 is 11.9 Å². The molecule has 6 rings (SSSR count). The van der Waals surface area contributed by atoms with E-state index in [1.165, 1.54) is 0 Å². The molecule has 3 atom stereocenters. The van der Waals surface area contributed by atoms with Crippen molar-refractivity contribution in [2.75, 3.05) is 19.8 Å². The van der Waals surface area contributed by atoms with E-state index in [-0.39, 0.29) is 18.1 Å². The minimum Gasteiger partial charge on any atom is -0.491 e. The molecule has 3 aromatic rings. The van der Waals surface area contributed by atoms with Crippen LogP contribution in [0, 0.1) is 11.3 Å². The van der Waals surface area contributed by atoms with Crippen LogP contribution in [0.25, 0.3) is 0 Å². The summed E-state index contributed by atoms with van der Waals surface area (Å²) in [5.41, 5.74) is 3.17. The Morgan fingerprint density at radius 3 is 1.89 bits per heavy atom. The van der Waals surface area contributed by atoms with Gasteiger partial charge < -0.3 is 23.7 Å². The van der Waals surface area contributed by atoms with E-state index >= 15 is 0 Å². The van der Waals surface area contributed by atoms with Crippen LogP contribution in [-0.4, -0.2) is 38.0 Å². The van der Waals surface area contributed by atoms with Crippen LogP contribution in [0.5, 0.6) is 17.2 Å². The summed E-state index contributed by atoms with van der Waals surface area (Å²) in [5.74, 6) is 1.23. The van der Waals surface area contributed by atoms with Crippen LogP contribution in [0.1, 0.15) is 68.5 Å². The lowest BCUT2D eigenvalue weighted by Gasteiger charge is -2.21. The molecule has 8 heteroatoms. The van der Waals surface area contributed by atoms with Crippen LogP contribution in [-0.2, 0) is 9.47 Å². The van der Waals surface area contributed by atoms with E-state index in [1.807, 2.05) is 6.07 Å². The molecule has 2 bridgehead atoms. The Balaban J connectivity index is 1.15. The molecular weight excluding hydrogens is 486 g/mol. The highest BCUT2D eigenvalue weighted by Crippen LogP contribution is 2.58. The Morgan fingerprint density at radius 1 is 0.816 bits per heavy atom. The summed E-state index contributed by atoms with van der Waals surface area (Å²) in [7, 11) is 0. The highest BCUT2D eigenvalue weighted by atomic mass is 16.8. The van der Waals surface area contributed by atoms with Gasteiger partial charge in [0.1, 0.15) is 30.5 Å². The highest BCUT2D eigenvalue weighted by Gasteiger charge is 2.42. The third-order valence-corrected chi connectivity index (χ3v) is 7.16. The molecule has 3 unspecified atom stereocenters. The smallest absolute Gasteiger partial charge is 0.343 e. The maximum Gasteiger partial charge on any atom is 0.343 e. The monoisotopic (exact) mass is 511 g/mol. The normalized spacial score (nSPS) is 20.3. The van der Waals surface area contributed by atoms with Gasteiger partial charge in [0.15, 0.2) is 6.29 Å². The Morgan fingerprint density at radius 2 is 1.37 bits per heavy atom. The molecule has 38 heavy (non-hydrogen) atoms. The van der Waals surface area contributed by atoms with E-state index < -0.39 is 11.9 Å². The van der Waals surface area contributed by atoms with E-state index in [4.69, 9.17) is 28.9 Å². The first-order valence-electron chi connectivity index (χ1n) is 12.7. The van der Waals surface area contributed by atoms with Crippen LogP contribution in [0.4, 0.5) is 0 Å². The number of hydrogen-bond acceptors (Lipinski definition) is 8. The standard InChI is InChI=1S/C30H25NO7/c31-16-18-1-3-19(4-2-18)29(32)37-24-11-12-25(28-22-6-5-21(15-22)27(24)28)38-30(33)20-7-9-23(10-8-20)34-13-14-35-26-17-36-26/h1-4,7-12,21-22,26H,5-6,13-15,17H2. The van der Waals surface area contributed by atoms with Crippen molar-refractivity contribution in [3.05, 3.63) is 88.5 Å². The van der Waals surface area contributed by atoms with Gasteiger partial charge in [-0.1, -0.05) is 0 Å². The lowest BCUT2D eigenvalue weighted by molar-refractivity contribution is 0.0324. The van der Waals surface area contributed by atoms with E-state index in [1.54, 1.807) is 60.7 Å². The number of nitrogens with zero attached hydrogens (tertiary/aromatic N) is 1. The van der Waals surface area contributed by atoms with Crippen molar-refractivity contribution in [1.82, 2.24) is 0 Å². The third kappa shape index (κ3) is 4.99. The summed E-state index contributed by atoms with van der Waals surface area (Å²) >= 11 is 0. The molecule has 2 fully saturated rings. The molecule has 0 N–H and O–H groups in total. The zero-order chi connectivity index (χ0) is 26.1. The van der Waals surface area contributed by atoms with Gasteiger partial charge in [0.2, 0.25) is 0 Å². The van der Waals surface area contributed by atoms with Gasteiger partial charge in [-0.05, 0) is 91.8 Å². The van der Waals surface area contributed by atoms with Crippen molar-refractivity contribution in [3.8, 4) is 23.3 Å². The molecule has 192 valence electrons. The zero-order valence-corrected chi connectivity index (χ0v) is 20.6. The topological polar surface area (TPSA) is 107 Å². The second-order valence-electron chi connectivity index (χ2n) is 9.57. The fourth-order valence-corrected chi connectivity index (χ4v) is 5.28. The van der Waals surface area contributed by atoms with E-state index in [9.17, 15) is 9.59 Å². The zero-order valence-electron chi connectivity index (χ0n) is 20.6. The maximum absolute atomic E-state index is 13.0. The number of esters is 2. The maximum atomic E-state index is 13.0. The van der Waals surface area contributed by atoms with Crippen molar-refractivity contribution < 1.29 is 33.3 Å². The van der Waals surface area contributed by atoms with Crippen molar-refractivity contribution in [2.45, 2.75) is 37.4 Å². The molecule has 1 heterocycles. The number of epoxide rings is 1. The second kappa shape index (κ2) is 10.3. The van der Waals surface area contributed by atoms with Gasteiger partial charge in [0, 0.05) is 11.1 Å². The minimum atomic E-state index is -0.487. The summed E-state index contributed by atoms with van der Waals surface area (Å²) in [5, 5.41) is 8.98. The average Bonchev–Trinajstić information content (AvgIpc) is 3.54. The fraction of sp³-hybridized carbons (Fsp3) is 0.300. The highest BCUT2D eigenvalue weighted by molar-refractivity contribution is 5.92. The number of carbonyl (C=O) groups excluding carboxylic acids is 2. The lowest BCUT2D eigenvalue weighted by atomic mass is 9.90. The molecule has 0 spiro atoms. The van der Waals surface area contributed by atoms with E-state index in [0.29, 0.717) is 53.8 Å². The van der Waals surface area contributed by atoms with Crippen molar-refractivity contribution in [2.24, 2.45) is 0 Å². The number of hydrogen-bond donors (Lipinski definition) is 0. The molecule has 3 aromatic carbocycles. The predicted molar refractivity (Wildman–Crippen MR) is 134 cm³/mol. The van der Waals surface area contributed by atoms with Gasteiger partial charge in [0.05, 0.1) is 29.4 Å². The predicted octanol–water partition coefficient (Wildman–Crippen LogP) is 5.11. The Labute approximate surface area is 219 Å². The number of nitriles is 1. The van der Waals surface area contributed by atoms with Crippen LogP contribution in [0.15, 0.2) is 60.7 Å². The number of ether oxygens (including phenoxy) is 5. The summed E-state index contributed by atoms with van der Waals surface area (Å²) in [4.78, 5) is 25.8. The first-order chi connectivity index (χ1) is 18.6. The third-order valence-electron chi connectivity index (χ3n) is 7.16. The Bertz CT molecular complexity index is 1400. The van der Waals surface area contributed by atoms with Crippen molar-refractivity contribution in [3.63, 3.8) is 0 Å². The first-order valence-corrected chi connectivity index (χ1v) is 12.7. The van der Waals surface area contributed by atoms with E-state index in [2.05, 4.69) is 0 Å². The molecular formula is C30H25NO7. The minimum absolute atomic E-state index is 0.101. The molecule has 0 aromatic heterocycles. The van der Waals surface area contributed by atoms with Gasteiger partial charge in [-0.2, -0.15) is 5.26 Å². The number of benzene rings is 3. The van der Waals surface area contributed by atoms with Gasteiger partial charge in [0.25, 0.3) is 0 Å². The van der Waals surface area contributed by atoms with Gasteiger partial charge in [-0.15, -0.1) is 0 Å².